The van der Waals surface area contributed by atoms with E-state index in [1.54, 1.807) is 24.3 Å². The van der Waals surface area contributed by atoms with Gasteiger partial charge in [0, 0.05) is 12.6 Å². The molecule has 4 heteroatoms. The van der Waals surface area contributed by atoms with Crippen molar-refractivity contribution in [2.24, 2.45) is 0 Å². The molecule has 0 spiro atoms. The third-order valence-electron chi connectivity index (χ3n) is 3.49. The molecule has 0 unspecified atom stereocenters. The summed E-state index contributed by atoms with van der Waals surface area (Å²) in [6.07, 6.45) is 2.66. The Morgan fingerprint density at radius 2 is 1.64 bits per heavy atom. The first kappa shape index (κ1) is 14.1. The Hall–Kier alpha value is -2.88. The molecule has 0 N–H and O–H groups in total. The highest BCUT2D eigenvalue weighted by molar-refractivity contribution is 5.92. The predicted octanol–water partition coefficient (Wildman–Crippen LogP) is 3.72. The number of ketones is 1. The SMILES string of the molecule is O=C1C=CN(C(=O)Oc2ccccc2)[C@@H](c2ccccc2)C1. The maximum Gasteiger partial charge on any atom is 0.419 e. The van der Waals surface area contributed by atoms with Crippen LogP contribution in [0.5, 0.6) is 5.75 Å². The van der Waals surface area contributed by atoms with Gasteiger partial charge < -0.3 is 4.74 Å². The Kier molecular flexibility index (Phi) is 4.01. The Labute approximate surface area is 128 Å². The lowest BCUT2D eigenvalue weighted by atomic mass is 9.98. The molecule has 1 atom stereocenters. The van der Waals surface area contributed by atoms with E-state index in [1.165, 1.54) is 17.2 Å². The van der Waals surface area contributed by atoms with Crippen LogP contribution in [-0.4, -0.2) is 16.8 Å². The fraction of sp³-hybridized carbons (Fsp3) is 0.111. The van der Waals surface area contributed by atoms with Gasteiger partial charge >= 0.3 is 6.09 Å². The Balaban J connectivity index is 1.84. The molecule has 0 fully saturated rings. The normalized spacial score (nSPS) is 17.4. The van der Waals surface area contributed by atoms with Crippen LogP contribution in [0, 0.1) is 0 Å². The van der Waals surface area contributed by atoms with Gasteiger partial charge in [-0.25, -0.2) is 4.79 Å². The number of carbonyl (C=O) groups is 2. The van der Waals surface area contributed by atoms with Crippen molar-refractivity contribution in [2.75, 3.05) is 0 Å². The number of para-hydroxylation sites is 1. The minimum atomic E-state index is -0.496. The predicted molar refractivity (Wildman–Crippen MR) is 82.3 cm³/mol. The second-order valence-electron chi connectivity index (χ2n) is 5.00. The number of nitrogens with zero attached hydrogens (tertiary/aromatic N) is 1. The van der Waals surface area contributed by atoms with Crippen molar-refractivity contribution >= 4 is 11.9 Å². The number of benzene rings is 2. The van der Waals surface area contributed by atoms with Crippen LogP contribution in [0.4, 0.5) is 4.79 Å². The molecule has 2 aromatic rings. The van der Waals surface area contributed by atoms with Gasteiger partial charge in [-0.15, -0.1) is 0 Å². The van der Waals surface area contributed by atoms with Crippen molar-refractivity contribution in [1.82, 2.24) is 4.90 Å². The van der Waals surface area contributed by atoms with Crippen LogP contribution in [0.25, 0.3) is 0 Å². The molecule has 0 bridgehead atoms. The summed E-state index contributed by atoms with van der Waals surface area (Å²) >= 11 is 0. The van der Waals surface area contributed by atoms with E-state index in [0.29, 0.717) is 5.75 Å². The molecule has 0 radical (unpaired) electrons. The van der Waals surface area contributed by atoms with Crippen molar-refractivity contribution in [1.29, 1.82) is 0 Å². The first-order chi connectivity index (χ1) is 10.7. The molecule has 1 amide bonds. The lowest BCUT2D eigenvalue weighted by molar-refractivity contribution is -0.116. The zero-order chi connectivity index (χ0) is 15.4. The van der Waals surface area contributed by atoms with Crippen LogP contribution >= 0.6 is 0 Å². The third-order valence-corrected chi connectivity index (χ3v) is 3.49. The van der Waals surface area contributed by atoms with E-state index in [1.807, 2.05) is 36.4 Å². The van der Waals surface area contributed by atoms with Crippen molar-refractivity contribution in [3.63, 3.8) is 0 Å². The molecule has 0 saturated carbocycles. The molecule has 2 aromatic carbocycles. The lowest BCUT2D eigenvalue weighted by Gasteiger charge is -2.30. The number of rotatable bonds is 2. The van der Waals surface area contributed by atoms with Crippen LogP contribution in [0.3, 0.4) is 0 Å². The molecule has 1 heterocycles. The first-order valence-electron chi connectivity index (χ1n) is 7.05. The number of amides is 1. The van der Waals surface area contributed by atoms with Gasteiger partial charge in [0.1, 0.15) is 5.75 Å². The Morgan fingerprint density at radius 3 is 2.32 bits per heavy atom. The fourth-order valence-corrected chi connectivity index (χ4v) is 2.41. The van der Waals surface area contributed by atoms with Crippen molar-refractivity contribution < 1.29 is 14.3 Å². The van der Waals surface area contributed by atoms with Gasteiger partial charge in [-0.05, 0) is 23.8 Å². The minimum absolute atomic E-state index is 0.00221. The summed E-state index contributed by atoms with van der Waals surface area (Å²) in [5.41, 5.74) is 0.908. The summed E-state index contributed by atoms with van der Waals surface area (Å²) in [5, 5.41) is 0. The van der Waals surface area contributed by atoms with Crippen molar-refractivity contribution in [3.05, 3.63) is 78.5 Å². The molecule has 1 aliphatic heterocycles. The van der Waals surface area contributed by atoms with Crippen LogP contribution in [0.2, 0.25) is 0 Å². The molecule has 0 saturated heterocycles. The number of ether oxygens (including phenoxy) is 1. The van der Waals surface area contributed by atoms with E-state index in [2.05, 4.69) is 0 Å². The average molecular weight is 293 g/mol. The van der Waals surface area contributed by atoms with Crippen molar-refractivity contribution in [2.45, 2.75) is 12.5 Å². The van der Waals surface area contributed by atoms with Gasteiger partial charge in [-0.1, -0.05) is 48.5 Å². The van der Waals surface area contributed by atoms with E-state index in [0.717, 1.165) is 5.56 Å². The number of carbonyl (C=O) groups excluding carboxylic acids is 2. The second-order valence-corrected chi connectivity index (χ2v) is 5.00. The van der Waals surface area contributed by atoms with Crippen LogP contribution < -0.4 is 4.74 Å². The molecular formula is C18H15NO3. The van der Waals surface area contributed by atoms with Crippen LogP contribution in [-0.2, 0) is 4.79 Å². The summed E-state index contributed by atoms with van der Waals surface area (Å²) in [6, 6.07) is 18.0. The molecule has 4 nitrogen and oxygen atoms in total. The number of hydrogen-bond acceptors (Lipinski definition) is 3. The van der Waals surface area contributed by atoms with E-state index < -0.39 is 6.09 Å². The molecule has 110 valence electrons. The van der Waals surface area contributed by atoms with E-state index in [9.17, 15) is 9.59 Å². The molecule has 0 aromatic heterocycles. The summed E-state index contributed by atoms with van der Waals surface area (Å²) in [5.74, 6) is 0.474. The van der Waals surface area contributed by atoms with Gasteiger partial charge in [-0.3, -0.25) is 9.69 Å². The zero-order valence-corrected chi connectivity index (χ0v) is 11.9. The van der Waals surface area contributed by atoms with Gasteiger partial charge in [0.15, 0.2) is 5.78 Å². The lowest BCUT2D eigenvalue weighted by Crippen LogP contribution is -2.36. The first-order valence-corrected chi connectivity index (χ1v) is 7.05. The van der Waals surface area contributed by atoms with Gasteiger partial charge in [0.05, 0.1) is 6.04 Å². The van der Waals surface area contributed by atoms with Gasteiger partial charge in [0.25, 0.3) is 0 Å². The summed E-state index contributed by atoms with van der Waals surface area (Å²) in [6.45, 7) is 0. The monoisotopic (exact) mass is 293 g/mol. The highest BCUT2D eigenvalue weighted by Crippen LogP contribution is 2.29. The average Bonchev–Trinajstić information content (AvgIpc) is 2.56. The van der Waals surface area contributed by atoms with E-state index in [4.69, 9.17) is 4.74 Å². The number of allylic oxidation sites excluding steroid dienone is 1. The summed E-state index contributed by atoms with van der Waals surface area (Å²) < 4.78 is 5.37. The molecule has 1 aliphatic rings. The molecule has 22 heavy (non-hydrogen) atoms. The highest BCUT2D eigenvalue weighted by Gasteiger charge is 2.29. The second kappa shape index (κ2) is 6.26. The van der Waals surface area contributed by atoms with E-state index >= 15 is 0 Å². The molecular weight excluding hydrogens is 278 g/mol. The number of hydrogen-bond donors (Lipinski definition) is 0. The zero-order valence-electron chi connectivity index (χ0n) is 11.9. The standard InChI is InChI=1S/C18H15NO3/c20-15-11-12-19(17(13-15)14-7-3-1-4-8-14)18(21)22-16-9-5-2-6-10-16/h1-12,17H,13H2/t17-/m1/s1. The van der Waals surface area contributed by atoms with Gasteiger partial charge in [0.2, 0.25) is 0 Å². The topological polar surface area (TPSA) is 46.6 Å². The largest absolute Gasteiger partial charge is 0.419 e. The summed E-state index contributed by atoms with van der Waals surface area (Å²) in [4.78, 5) is 25.6. The fourth-order valence-electron chi connectivity index (χ4n) is 2.41. The van der Waals surface area contributed by atoms with Crippen molar-refractivity contribution in [3.8, 4) is 5.75 Å². The maximum absolute atomic E-state index is 12.4. The van der Waals surface area contributed by atoms with E-state index in [-0.39, 0.29) is 18.2 Å². The summed E-state index contributed by atoms with van der Waals surface area (Å²) in [7, 11) is 0. The third kappa shape index (κ3) is 3.06. The quantitative estimate of drug-likeness (QED) is 0.848. The highest BCUT2D eigenvalue weighted by atomic mass is 16.6. The molecule has 0 aliphatic carbocycles. The Morgan fingerprint density at radius 1 is 1.00 bits per heavy atom. The van der Waals surface area contributed by atoms with Crippen LogP contribution in [0.15, 0.2) is 72.9 Å². The molecule has 3 rings (SSSR count). The van der Waals surface area contributed by atoms with Gasteiger partial charge in [-0.2, -0.15) is 0 Å². The smallest absolute Gasteiger partial charge is 0.410 e. The Bertz CT molecular complexity index is 695. The maximum atomic E-state index is 12.4. The van der Waals surface area contributed by atoms with Crippen LogP contribution in [0.1, 0.15) is 18.0 Å². The minimum Gasteiger partial charge on any atom is -0.410 e.